The summed E-state index contributed by atoms with van der Waals surface area (Å²) in [6.45, 7) is 2.36. The van der Waals surface area contributed by atoms with Crippen molar-refractivity contribution in [2.45, 2.75) is 19.9 Å². The van der Waals surface area contributed by atoms with Crippen LogP contribution in [0.3, 0.4) is 0 Å². The van der Waals surface area contributed by atoms with Gasteiger partial charge in [-0.2, -0.15) is 10.1 Å². The van der Waals surface area contributed by atoms with E-state index in [1.165, 1.54) is 23.6 Å². The van der Waals surface area contributed by atoms with Crippen molar-refractivity contribution in [1.29, 1.82) is 0 Å². The molecule has 37 heavy (non-hydrogen) atoms. The SMILES string of the molecule is CCc1nn(Cc2ccc(-c3ccccc3-c3nnn[nH]3)cc2)c(=NC(=O)c2ccncc2C(=O)O)s1. The van der Waals surface area contributed by atoms with Gasteiger partial charge in [0, 0.05) is 18.0 Å². The molecule has 3 aromatic heterocycles. The quantitative estimate of drug-likeness (QED) is 0.337. The topological polar surface area (TPSA) is 152 Å². The zero-order chi connectivity index (χ0) is 25.8. The molecule has 0 saturated heterocycles. The number of H-pyrrole nitrogens is 1. The fourth-order valence-electron chi connectivity index (χ4n) is 3.76. The Kier molecular flexibility index (Phi) is 6.72. The van der Waals surface area contributed by atoms with Gasteiger partial charge < -0.3 is 5.11 Å². The number of aryl methyl sites for hydroxylation is 1. The van der Waals surface area contributed by atoms with Crippen LogP contribution in [0.25, 0.3) is 22.5 Å². The van der Waals surface area contributed by atoms with E-state index in [-0.39, 0.29) is 11.1 Å². The van der Waals surface area contributed by atoms with Crippen molar-refractivity contribution in [1.82, 2.24) is 35.4 Å². The van der Waals surface area contributed by atoms with Gasteiger partial charge >= 0.3 is 5.97 Å². The molecule has 0 unspecified atom stereocenters. The molecule has 0 saturated carbocycles. The van der Waals surface area contributed by atoms with Crippen LogP contribution in [-0.4, -0.2) is 52.4 Å². The third kappa shape index (κ3) is 5.09. The van der Waals surface area contributed by atoms with Crippen LogP contribution in [0.1, 0.15) is 38.2 Å². The Morgan fingerprint density at radius 3 is 2.54 bits per heavy atom. The minimum absolute atomic E-state index is 0.0227. The fourth-order valence-corrected chi connectivity index (χ4v) is 4.59. The van der Waals surface area contributed by atoms with Crippen molar-refractivity contribution in [2.24, 2.45) is 4.99 Å². The number of hydrogen-bond donors (Lipinski definition) is 2. The van der Waals surface area contributed by atoms with Crippen molar-refractivity contribution in [3.8, 4) is 22.5 Å². The first-order chi connectivity index (χ1) is 18.0. The minimum Gasteiger partial charge on any atom is -0.478 e. The number of carboxylic acids is 1. The number of hydrogen-bond acceptors (Lipinski definition) is 8. The maximum Gasteiger partial charge on any atom is 0.338 e. The van der Waals surface area contributed by atoms with E-state index in [0.717, 1.165) is 33.5 Å². The third-order valence-corrected chi connectivity index (χ3v) is 6.66. The van der Waals surface area contributed by atoms with Gasteiger partial charge in [0.1, 0.15) is 5.01 Å². The van der Waals surface area contributed by atoms with Crippen molar-refractivity contribution in [3.05, 3.63) is 93.5 Å². The highest BCUT2D eigenvalue weighted by Gasteiger charge is 2.17. The average Bonchev–Trinajstić information content (AvgIpc) is 3.60. The van der Waals surface area contributed by atoms with E-state index in [4.69, 9.17) is 0 Å². The second-order valence-corrected chi connectivity index (χ2v) is 8.97. The van der Waals surface area contributed by atoms with E-state index in [9.17, 15) is 14.7 Å². The van der Waals surface area contributed by atoms with E-state index < -0.39 is 11.9 Å². The number of pyridine rings is 1. The Labute approximate surface area is 214 Å². The van der Waals surface area contributed by atoms with Crippen molar-refractivity contribution >= 4 is 23.2 Å². The maximum absolute atomic E-state index is 12.9. The molecular formula is C25H20N8O3S. The lowest BCUT2D eigenvalue weighted by Gasteiger charge is -2.08. The predicted molar refractivity (Wildman–Crippen MR) is 135 cm³/mol. The Morgan fingerprint density at radius 2 is 1.84 bits per heavy atom. The molecule has 0 spiro atoms. The van der Waals surface area contributed by atoms with Gasteiger partial charge in [-0.3, -0.25) is 9.78 Å². The highest BCUT2D eigenvalue weighted by Crippen LogP contribution is 2.29. The molecule has 3 heterocycles. The van der Waals surface area contributed by atoms with Gasteiger partial charge in [-0.25, -0.2) is 14.6 Å². The number of aromatic nitrogens is 7. The highest BCUT2D eigenvalue weighted by molar-refractivity contribution is 7.08. The summed E-state index contributed by atoms with van der Waals surface area (Å²) in [5.74, 6) is -1.31. The molecule has 12 heteroatoms. The number of amides is 1. The fraction of sp³-hybridized carbons (Fsp3) is 0.120. The number of aromatic carboxylic acids is 1. The van der Waals surface area contributed by atoms with Crippen LogP contribution in [0.4, 0.5) is 0 Å². The van der Waals surface area contributed by atoms with E-state index in [1.807, 2.05) is 55.5 Å². The molecule has 0 aliphatic carbocycles. The first-order valence-corrected chi connectivity index (χ1v) is 12.1. The van der Waals surface area contributed by atoms with Crippen LogP contribution in [-0.2, 0) is 13.0 Å². The lowest BCUT2D eigenvalue weighted by Crippen LogP contribution is -2.20. The predicted octanol–water partition coefficient (Wildman–Crippen LogP) is 3.24. The number of carboxylic acid groups (broad SMARTS) is 1. The van der Waals surface area contributed by atoms with Gasteiger partial charge in [0.15, 0.2) is 5.82 Å². The van der Waals surface area contributed by atoms with E-state index in [2.05, 4.69) is 35.7 Å². The van der Waals surface area contributed by atoms with E-state index in [1.54, 1.807) is 4.68 Å². The molecule has 0 bridgehead atoms. The molecule has 0 aliphatic rings. The van der Waals surface area contributed by atoms with Crippen LogP contribution < -0.4 is 4.80 Å². The zero-order valence-electron chi connectivity index (χ0n) is 19.6. The van der Waals surface area contributed by atoms with E-state index in [0.29, 0.717) is 23.6 Å². The smallest absolute Gasteiger partial charge is 0.338 e. The summed E-state index contributed by atoms with van der Waals surface area (Å²) < 4.78 is 1.66. The summed E-state index contributed by atoms with van der Waals surface area (Å²) in [5, 5.41) is 29.0. The number of tetrazole rings is 1. The number of aromatic amines is 1. The van der Waals surface area contributed by atoms with Gasteiger partial charge in [-0.05, 0) is 39.6 Å². The Bertz CT molecular complexity index is 1640. The molecule has 0 atom stereocenters. The van der Waals surface area contributed by atoms with Gasteiger partial charge in [0.25, 0.3) is 5.91 Å². The van der Waals surface area contributed by atoms with Crippen molar-refractivity contribution in [2.75, 3.05) is 0 Å². The summed E-state index contributed by atoms with van der Waals surface area (Å²) in [6, 6.07) is 17.2. The third-order valence-electron chi connectivity index (χ3n) is 5.57. The molecule has 1 amide bonds. The van der Waals surface area contributed by atoms with Crippen molar-refractivity contribution in [3.63, 3.8) is 0 Å². The summed E-state index contributed by atoms with van der Waals surface area (Å²) in [6.07, 6.45) is 3.18. The summed E-state index contributed by atoms with van der Waals surface area (Å²) in [4.78, 5) is 32.8. The highest BCUT2D eigenvalue weighted by atomic mass is 32.1. The van der Waals surface area contributed by atoms with Crippen LogP contribution in [0.5, 0.6) is 0 Å². The molecule has 2 N–H and O–H groups in total. The number of carbonyl (C=O) groups is 2. The zero-order valence-corrected chi connectivity index (χ0v) is 20.4. The Balaban J connectivity index is 1.45. The first-order valence-electron chi connectivity index (χ1n) is 11.3. The second kappa shape index (κ2) is 10.4. The Morgan fingerprint density at radius 1 is 1.05 bits per heavy atom. The van der Waals surface area contributed by atoms with Crippen LogP contribution >= 0.6 is 11.3 Å². The minimum atomic E-state index is -1.24. The standard InChI is InChI=1S/C25H20N8O3S/c1-2-21-30-33(25(37-21)27-23(34)19-11-12-26-13-20(19)24(35)36)14-15-7-9-16(10-8-15)17-5-3-4-6-18(17)22-28-31-32-29-22/h3-13H,2,14H2,1H3,(H,35,36)(H,28,29,31,32). The average molecular weight is 513 g/mol. The number of nitrogens with zero attached hydrogens (tertiary/aromatic N) is 7. The molecule has 5 aromatic rings. The summed E-state index contributed by atoms with van der Waals surface area (Å²) >= 11 is 1.30. The molecule has 0 radical (unpaired) electrons. The molecule has 5 rings (SSSR count). The summed E-state index contributed by atoms with van der Waals surface area (Å²) in [7, 11) is 0. The van der Waals surface area contributed by atoms with Crippen LogP contribution in [0, 0.1) is 0 Å². The number of benzene rings is 2. The molecule has 11 nitrogen and oxygen atoms in total. The largest absolute Gasteiger partial charge is 0.478 e. The monoisotopic (exact) mass is 512 g/mol. The van der Waals surface area contributed by atoms with E-state index >= 15 is 0 Å². The van der Waals surface area contributed by atoms with Crippen molar-refractivity contribution < 1.29 is 14.7 Å². The van der Waals surface area contributed by atoms with Crippen LogP contribution in [0.2, 0.25) is 0 Å². The van der Waals surface area contributed by atoms with Gasteiger partial charge in [0.2, 0.25) is 4.80 Å². The van der Waals surface area contributed by atoms with Gasteiger partial charge in [-0.1, -0.05) is 66.8 Å². The molecule has 184 valence electrons. The second-order valence-electron chi connectivity index (χ2n) is 7.93. The normalized spacial score (nSPS) is 11.5. The summed E-state index contributed by atoms with van der Waals surface area (Å²) in [5.41, 5.74) is 3.60. The lowest BCUT2D eigenvalue weighted by atomic mass is 9.98. The molecule has 0 fully saturated rings. The molecule has 2 aromatic carbocycles. The number of rotatable bonds is 7. The molecular weight excluding hydrogens is 492 g/mol. The van der Waals surface area contributed by atoms with Gasteiger partial charge in [-0.15, -0.1) is 5.10 Å². The first kappa shape index (κ1) is 23.9. The Hall–Kier alpha value is -4.84. The van der Waals surface area contributed by atoms with Crippen LogP contribution in [0.15, 0.2) is 72.0 Å². The maximum atomic E-state index is 12.9. The molecule has 0 aliphatic heterocycles. The number of carbonyl (C=O) groups excluding carboxylic acids is 1. The van der Waals surface area contributed by atoms with Gasteiger partial charge in [0.05, 0.1) is 17.7 Å². The number of nitrogens with one attached hydrogen (secondary N) is 1. The lowest BCUT2D eigenvalue weighted by molar-refractivity contribution is 0.0691.